The standard InChI is InChI=1S/C22H23NO5/c1-13(24)11-26-22-17-10-23-6-5-15-8-20-21(28-12-27-20)9-16(15)18(23)7-14(17)3-4-19(22)25-2/h3-4,8-9,18H,5-7,10-12H2,1-2H3. The molecule has 3 heterocycles. The maximum absolute atomic E-state index is 11.4. The second kappa shape index (κ2) is 6.71. The zero-order valence-electron chi connectivity index (χ0n) is 16.1. The van der Waals surface area contributed by atoms with Gasteiger partial charge in [0.25, 0.3) is 0 Å². The number of ketones is 1. The van der Waals surface area contributed by atoms with Gasteiger partial charge in [-0.3, -0.25) is 9.69 Å². The molecule has 1 atom stereocenters. The molecule has 2 aromatic rings. The SMILES string of the molecule is COc1ccc2c(c1OCC(C)=O)CN1CCc3cc4c(cc3C1C2)OCO4. The molecule has 0 saturated heterocycles. The van der Waals surface area contributed by atoms with Gasteiger partial charge in [-0.25, -0.2) is 0 Å². The number of methoxy groups -OCH3 is 1. The lowest BCUT2D eigenvalue weighted by Gasteiger charge is -2.42. The number of ether oxygens (including phenoxy) is 4. The third kappa shape index (κ3) is 2.79. The van der Waals surface area contributed by atoms with Gasteiger partial charge in [-0.1, -0.05) is 6.07 Å². The molecule has 2 aromatic carbocycles. The fourth-order valence-corrected chi connectivity index (χ4v) is 4.49. The zero-order chi connectivity index (χ0) is 19.3. The van der Waals surface area contributed by atoms with Gasteiger partial charge in [0.1, 0.15) is 6.61 Å². The van der Waals surface area contributed by atoms with Gasteiger partial charge >= 0.3 is 0 Å². The van der Waals surface area contributed by atoms with E-state index in [1.165, 1.54) is 23.6 Å². The molecule has 0 N–H and O–H groups in total. The molecular formula is C22H23NO5. The van der Waals surface area contributed by atoms with Crippen molar-refractivity contribution < 1.29 is 23.7 Å². The molecule has 0 saturated carbocycles. The minimum atomic E-state index is -0.00341. The summed E-state index contributed by atoms with van der Waals surface area (Å²) in [7, 11) is 1.63. The molecule has 3 aliphatic rings. The quantitative estimate of drug-likeness (QED) is 0.811. The fraction of sp³-hybridized carbons (Fsp3) is 0.409. The van der Waals surface area contributed by atoms with Crippen LogP contribution < -0.4 is 18.9 Å². The lowest BCUT2D eigenvalue weighted by molar-refractivity contribution is -0.118. The van der Waals surface area contributed by atoms with Gasteiger partial charge < -0.3 is 18.9 Å². The summed E-state index contributed by atoms with van der Waals surface area (Å²) in [5.74, 6) is 3.07. The highest BCUT2D eigenvalue weighted by molar-refractivity contribution is 5.77. The van der Waals surface area contributed by atoms with Crippen molar-refractivity contribution >= 4 is 5.78 Å². The Morgan fingerprint density at radius 1 is 1.21 bits per heavy atom. The first-order chi connectivity index (χ1) is 13.6. The predicted octanol–water partition coefficient (Wildman–Crippen LogP) is 3.05. The smallest absolute Gasteiger partial charge is 0.231 e. The Bertz CT molecular complexity index is 954. The van der Waals surface area contributed by atoms with Crippen molar-refractivity contribution in [1.82, 2.24) is 4.90 Å². The minimum absolute atomic E-state index is 0.00341. The summed E-state index contributed by atoms with van der Waals surface area (Å²) in [6.07, 6.45) is 1.87. The van der Waals surface area contributed by atoms with Crippen molar-refractivity contribution in [2.24, 2.45) is 0 Å². The number of benzene rings is 2. The molecular weight excluding hydrogens is 358 g/mol. The number of Topliss-reactive ketones (excluding diaryl/α,β-unsaturated/α-hetero) is 1. The van der Waals surface area contributed by atoms with Crippen LogP contribution in [0.2, 0.25) is 0 Å². The highest BCUT2D eigenvalue weighted by Gasteiger charge is 2.35. The summed E-state index contributed by atoms with van der Waals surface area (Å²) >= 11 is 0. The molecule has 3 aliphatic heterocycles. The van der Waals surface area contributed by atoms with Crippen LogP contribution in [0.25, 0.3) is 0 Å². The number of fused-ring (bicyclic) bond motifs is 5. The first-order valence-electron chi connectivity index (χ1n) is 9.61. The van der Waals surface area contributed by atoms with Crippen LogP contribution in [0.3, 0.4) is 0 Å². The lowest BCUT2D eigenvalue weighted by Crippen LogP contribution is -2.39. The molecule has 0 spiro atoms. The second-order valence-corrected chi connectivity index (χ2v) is 7.57. The Labute approximate surface area is 163 Å². The van der Waals surface area contributed by atoms with E-state index in [0.717, 1.165) is 43.0 Å². The van der Waals surface area contributed by atoms with E-state index in [-0.39, 0.29) is 12.4 Å². The van der Waals surface area contributed by atoms with E-state index in [9.17, 15) is 4.79 Å². The summed E-state index contributed by atoms with van der Waals surface area (Å²) in [4.78, 5) is 13.9. The molecule has 6 nitrogen and oxygen atoms in total. The Balaban J connectivity index is 1.52. The number of carbonyl (C=O) groups excluding carboxylic acids is 1. The van der Waals surface area contributed by atoms with E-state index in [0.29, 0.717) is 24.3 Å². The van der Waals surface area contributed by atoms with Gasteiger partial charge in [0.15, 0.2) is 28.8 Å². The largest absolute Gasteiger partial charge is 0.493 e. The van der Waals surface area contributed by atoms with Gasteiger partial charge in [0.05, 0.1) is 7.11 Å². The van der Waals surface area contributed by atoms with E-state index in [1.54, 1.807) is 7.11 Å². The zero-order valence-corrected chi connectivity index (χ0v) is 16.1. The van der Waals surface area contributed by atoms with Crippen molar-refractivity contribution in [3.8, 4) is 23.0 Å². The predicted molar refractivity (Wildman–Crippen MR) is 102 cm³/mol. The molecule has 1 unspecified atom stereocenters. The molecule has 5 rings (SSSR count). The van der Waals surface area contributed by atoms with Crippen molar-refractivity contribution in [3.63, 3.8) is 0 Å². The normalized spacial score (nSPS) is 19.4. The second-order valence-electron chi connectivity index (χ2n) is 7.57. The number of hydrogen-bond donors (Lipinski definition) is 0. The molecule has 0 aliphatic carbocycles. The first kappa shape index (κ1) is 17.4. The van der Waals surface area contributed by atoms with E-state index in [4.69, 9.17) is 18.9 Å². The molecule has 28 heavy (non-hydrogen) atoms. The molecule has 0 aromatic heterocycles. The number of carbonyl (C=O) groups is 1. The van der Waals surface area contributed by atoms with Crippen molar-refractivity contribution in [2.75, 3.05) is 27.1 Å². The van der Waals surface area contributed by atoms with Crippen LogP contribution in [0, 0.1) is 0 Å². The maximum Gasteiger partial charge on any atom is 0.231 e. The van der Waals surface area contributed by atoms with Crippen LogP contribution in [0.5, 0.6) is 23.0 Å². The molecule has 0 bridgehead atoms. The summed E-state index contributed by atoms with van der Waals surface area (Å²) in [6.45, 7) is 3.64. The summed E-state index contributed by atoms with van der Waals surface area (Å²) < 4.78 is 22.5. The van der Waals surface area contributed by atoms with Crippen LogP contribution in [-0.4, -0.2) is 37.7 Å². The minimum Gasteiger partial charge on any atom is -0.493 e. The van der Waals surface area contributed by atoms with Crippen LogP contribution in [-0.2, 0) is 24.2 Å². The molecule has 0 fully saturated rings. The monoisotopic (exact) mass is 381 g/mol. The molecule has 0 amide bonds. The highest BCUT2D eigenvalue weighted by atomic mass is 16.7. The summed E-state index contributed by atoms with van der Waals surface area (Å²) in [5.41, 5.74) is 5.03. The van der Waals surface area contributed by atoms with Gasteiger partial charge in [-0.2, -0.15) is 0 Å². The lowest BCUT2D eigenvalue weighted by atomic mass is 9.83. The summed E-state index contributed by atoms with van der Waals surface area (Å²) in [6, 6.07) is 8.65. The van der Waals surface area contributed by atoms with Crippen LogP contribution >= 0.6 is 0 Å². The van der Waals surface area contributed by atoms with Crippen molar-refractivity contribution in [2.45, 2.75) is 32.4 Å². The Morgan fingerprint density at radius 3 is 2.82 bits per heavy atom. The van der Waals surface area contributed by atoms with E-state index in [1.807, 2.05) is 6.07 Å². The van der Waals surface area contributed by atoms with Crippen LogP contribution in [0.1, 0.15) is 35.2 Å². The van der Waals surface area contributed by atoms with Gasteiger partial charge in [-0.15, -0.1) is 0 Å². The number of hydrogen-bond acceptors (Lipinski definition) is 6. The maximum atomic E-state index is 11.4. The van der Waals surface area contributed by atoms with E-state index in [2.05, 4.69) is 23.1 Å². The Morgan fingerprint density at radius 2 is 2.04 bits per heavy atom. The van der Waals surface area contributed by atoms with E-state index >= 15 is 0 Å². The van der Waals surface area contributed by atoms with Gasteiger partial charge in [0.2, 0.25) is 6.79 Å². The Hall–Kier alpha value is -2.73. The third-order valence-electron chi connectivity index (χ3n) is 5.84. The average molecular weight is 381 g/mol. The number of nitrogens with zero attached hydrogens (tertiary/aromatic N) is 1. The van der Waals surface area contributed by atoms with Crippen LogP contribution in [0.15, 0.2) is 24.3 Å². The van der Waals surface area contributed by atoms with Crippen molar-refractivity contribution in [1.29, 1.82) is 0 Å². The molecule has 6 heteroatoms. The van der Waals surface area contributed by atoms with Crippen LogP contribution in [0.4, 0.5) is 0 Å². The molecule has 146 valence electrons. The van der Waals surface area contributed by atoms with Gasteiger partial charge in [-0.05, 0) is 54.7 Å². The third-order valence-corrected chi connectivity index (χ3v) is 5.84. The number of rotatable bonds is 4. The summed E-state index contributed by atoms with van der Waals surface area (Å²) in [5, 5.41) is 0. The fourth-order valence-electron chi connectivity index (χ4n) is 4.49. The van der Waals surface area contributed by atoms with E-state index < -0.39 is 0 Å². The topological polar surface area (TPSA) is 57.2 Å². The molecule has 0 radical (unpaired) electrons. The highest BCUT2D eigenvalue weighted by Crippen LogP contribution is 2.46. The Kier molecular flexibility index (Phi) is 4.16. The van der Waals surface area contributed by atoms with Crippen molar-refractivity contribution in [3.05, 3.63) is 46.5 Å². The first-order valence-corrected chi connectivity index (χ1v) is 9.61. The average Bonchev–Trinajstić information content (AvgIpc) is 3.16. The van der Waals surface area contributed by atoms with Gasteiger partial charge in [0, 0.05) is 24.7 Å².